The first kappa shape index (κ1) is 16.2. The number of hydrogen-bond donors (Lipinski definition) is 0. The fraction of sp³-hybridized carbons (Fsp3) is 0.316. The molecule has 22 heavy (non-hydrogen) atoms. The number of ether oxygens (including phenoxy) is 1. The molecule has 0 N–H and O–H groups in total. The van der Waals surface area contributed by atoms with Crippen molar-refractivity contribution >= 4 is 5.97 Å². The van der Waals surface area contributed by atoms with Crippen molar-refractivity contribution in [2.45, 2.75) is 32.6 Å². The van der Waals surface area contributed by atoms with E-state index < -0.39 is 5.92 Å². The summed E-state index contributed by atoms with van der Waals surface area (Å²) in [6.45, 7) is 4.20. The molecule has 0 radical (unpaired) electrons. The average molecular weight is 300 g/mol. The molecular formula is C19H21FO2. The Morgan fingerprint density at radius 2 is 1.91 bits per heavy atom. The summed E-state index contributed by atoms with van der Waals surface area (Å²) in [6, 6.07) is 14.3. The number of esters is 1. The number of hydrogen-bond acceptors (Lipinski definition) is 2. The van der Waals surface area contributed by atoms with Gasteiger partial charge in [-0.3, -0.25) is 4.79 Å². The summed E-state index contributed by atoms with van der Waals surface area (Å²) < 4.78 is 19.5. The first-order chi connectivity index (χ1) is 10.6. The van der Waals surface area contributed by atoms with Crippen LogP contribution in [0.4, 0.5) is 4.39 Å². The molecule has 3 heteroatoms. The number of rotatable bonds is 6. The molecule has 1 atom stereocenters. The molecule has 0 unspecified atom stereocenters. The maximum Gasteiger partial charge on any atom is 0.313 e. The van der Waals surface area contributed by atoms with Gasteiger partial charge in [0.15, 0.2) is 0 Å². The lowest BCUT2D eigenvalue weighted by molar-refractivity contribution is -0.145. The van der Waals surface area contributed by atoms with Crippen LogP contribution in [0, 0.1) is 5.82 Å². The Morgan fingerprint density at radius 1 is 1.18 bits per heavy atom. The standard InChI is InChI=1S/C19H21FO2/c1-3-4-12-22-19(21)14(2)16-10-11-17(18(20)13-16)15-8-6-5-7-9-15/h5-11,13-14H,3-4,12H2,1-2H3/t14-/m0/s1. The van der Waals surface area contributed by atoms with Gasteiger partial charge in [0, 0.05) is 5.56 Å². The van der Waals surface area contributed by atoms with Gasteiger partial charge < -0.3 is 4.74 Å². The van der Waals surface area contributed by atoms with Crippen molar-refractivity contribution in [1.29, 1.82) is 0 Å². The number of carbonyl (C=O) groups is 1. The molecule has 0 saturated carbocycles. The van der Waals surface area contributed by atoms with E-state index in [0.29, 0.717) is 17.7 Å². The Kier molecular flexibility index (Phi) is 5.70. The summed E-state index contributed by atoms with van der Waals surface area (Å²) in [5.74, 6) is -1.09. The van der Waals surface area contributed by atoms with Gasteiger partial charge in [-0.25, -0.2) is 4.39 Å². The normalized spacial score (nSPS) is 12.0. The highest BCUT2D eigenvalue weighted by molar-refractivity contribution is 5.78. The quantitative estimate of drug-likeness (QED) is 0.558. The largest absolute Gasteiger partial charge is 0.465 e. The third kappa shape index (κ3) is 3.94. The van der Waals surface area contributed by atoms with Gasteiger partial charge in [-0.2, -0.15) is 0 Å². The summed E-state index contributed by atoms with van der Waals surface area (Å²) in [5, 5.41) is 0. The Bertz CT molecular complexity index is 623. The first-order valence-electron chi connectivity index (χ1n) is 7.65. The van der Waals surface area contributed by atoms with Gasteiger partial charge in [-0.05, 0) is 30.5 Å². The van der Waals surface area contributed by atoms with Gasteiger partial charge in [-0.1, -0.05) is 55.8 Å². The van der Waals surface area contributed by atoms with Crippen LogP contribution in [0.25, 0.3) is 11.1 Å². The third-order valence-corrected chi connectivity index (χ3v) is 3.67. The van der Waals surface area contributed by atoms with Crippen molar-refractivity contribution in [3.63, 3.8) is 0 Å². The molecular weight excluding hydrogens is 279 g/mol. The molecule has 0 aliphatic heterocycles. The number of halogens is 1. The van der Waals surface area contributed by atoms with Gasteiger partial charge in [0.2, 0.25) is 0 Å². The minimum atomic E-state index is -0.462. The number of unbranched alkanes of at least 4 members (excludes halogenated alkanes) is 1. The molecule has 0 heterocycles. The Labute approximate surface area is 130 Å². The Morgan fingerprint density at radius 3 is 2.55 bits per heavy atom. The molecule has 116 valence electrons. The van der Waals surface area contributed by atoms with E-state index in [1.807, 2.05) is 37.3 Å². The van der Waals surface area contributed by atoms with Gasteiger partial charge in [0.05, 0.1) is 12.5 Å². The van der Waals surface area contributed by atoms with E-state index in [1.54, 1.807) is 19.1 Å². The van der Waals surface area contributed by atoms with Gasteiger partial charge in [0.25, 0.3) is 0 Å². The van der Waals surface area contributed by atoms with E-state index in [2.05, 4.69) is 0 Å². The van der Waals surface area contributed by atoms with Gasteiger partial charge in [0.1, 0.15) is 5.82 Å². The van der Waals surface area contributed by atoms with Crippen LogP contribution in [0.15, 0.2) is 48.5 Å². The second kappa shape index (κ2) is 7.74. The topological polar surface area (TPSA) is 26.3 Å². The minimum Gasteiger partial charge on any atom is -0.465 e. The zero-order chi connectivity index (χ0) is 15.9. The van der Waals surface area contributed by atoms with Crippen molar-refractivity contribution in [3.05, 3.63) is 59.9 Å². The van der Waals surface area contributed by atoms with Gasteiger partial charge >= 0.3 is 5.97 Å². The van der Waals surface area contributed by atoms with Crippen LogP contribution in [-0.4, -0.2) is 12.6 Å². The van der Waals surface area contributed by atoms with Crippen LogP contribution < -0.4 is 0 Å². The molecule has 0 aliphatic rings. The molecule has 0 spiro atoms. The van der Waals surface area contributed by atoms with Crippen LogP contribution in [-0.2, 0) is 9.53 Å². The minimum absolute atomic E-state index is 0.305. The summed E-state index contributed by atoms with van der Waals surface area (Å²) in [5.41, 5.74) is 2.00. The second-order valence-electron chi connectivity index (χ2n) is 5.35. The van der Waals surface area contributed by atoms with Crippen LogP contribution >= 0.6 is 0 Å². The lowest BCUT2D eigenvalue weighted by atomic mass is 9.97. The summed E-state index contributed by atoms with van der Waals surface area (Å²) in [7, 11) is 0. The SMILES string of the molecule is CCCCOC(=O)[C@@H](C)c1ccc(-c2ccccc2)c(F)c1. The highest BCUT2D eigenvalue weighted by Gasteiger charge is 2.18. The zero-order valence-corrected chi connectivity index (χ0v) is 13.0. The predicted molar refractivity (Wildman–Crippen MR) is 86.1 cm³/mol. The van der Waals surface area contributed by atoms with E-state index in [0.717, 1.165) is 18.4 Å². The van der Waals surface area contributed by atoms with Crippen LogP contribution in [0.2, 0.25) is 0 Å². The van der Waals surface area contributed by atoms with Crippen molar-refractivity contribution in [1.82, 2.24) is 0 Å². The lowest BCUT2D eigenvalue weighted by Gasteiger charge is -2.13. The second-order valence-corrected chi connectivity index (χ2v) is 5.35. The highest BCUT2D eigenvalue weighted by atomic mass is 19.1. The maximum absolute atomic E-state index is 14.3. The van der Waals surface area contributed by atoms with Crippen LogP contribution in [0.5, 0.6) is 0 Å². The molecule has 0 aromatic heterocycles. The zero-order valence-electron chi connectivity index (χ0n) is 13.0. The smallest absolute Gasteiger partial charge is 0.313 e. The number of benzene rings is 2. The molecule has 0 bridgehead atoms. The molecule has 0 aliphatic carbocycles. The Balaban J connectivity index is 2.13. The fourth-order valence-corrected chi connectivity index (χ4v) is 2.23. The van der Waals surface area contributed by atoms with Crippen molar-refractivity contribution in [3.8, 4) is 11.1 Å². The van der Waals surface area contributed by atoms with Crippen molar-refractivity contribution < 1.29 is 13.9 Å². The van der Waals surface area contributed by atoms with E-state index in [-0.39, 0.29) is 11.8 Å². The molecule has 0 fully saturated rings. The summed E-state index contributed by atoms with van der Waals surface area (Å²) in [6.07, 6.45) is 1.82. The molecule has 2 nitrogen and oxygen atoms in total. The molecule has 2 rings (SSSR count). The lowest BCUT2D eigenvalue weighted by Crippen LogP contribution is -2.14. The average Bonchev–Trinajstić information content (AvgIpc) is 2.55. The summed E-state index contributed by atoms with van der Waals surface area (Å²) in [4.78, 5) is 11.9. The van der Waals surface area contributed by atoms with E-state index >= 15 is 0 Å². The van der Waals surface area contributed by atoms with E-state index in [4.69, 9.17) is 4.74 Å². The van der Waals surface area contributed by atoms with E-state index in [1.165, 1.54) is 6.07 Å². The predicted octanol–water partition coefficient (Wildman–Crippen LogP) is 4.94. The van der Waals surface area contributed by atoms with Gasteiger partial charge in [-0.15, -0.1) is 0 Å². The maximum atomic E-state index is 14.3. The van der Waals surface area contributed by atoms with E-state index in [9.17, 15) is 9.18 Å². The Hall–Kier alpha value is -2.16. The highest BCUT2D eigenvalue weighted by Crippen LogP contribution is 2.26. The van der Waals surface area contributed by atoms with Crippen molar-refractivity contribution in [2.75, 3.05) is 6.61 Å². The van der Waals surface area contributed by atoms with Crippen LogP contribution in [0.3, 0.4) is 0 Å². The third-order valence-electron chi connectivity index (χ3n) is 3.67. The summed E-state index contributed by atoms with van der Waals surface area (Å²) >= 11 is 0. The molecule has 0 amide bonds. The first-order valence-corrected chi connectivity index (χ1v) is 7.65. The molecule has 2 aromatic rings. The fourth-order valence-electron chi connectivity index (χ4n) is 2.23. The van der Waals surface area contributed by atoms with Crippen molar-refractivity contribution in [2.24, 2.45) is 0 Å². The van der Waals surface area contributed by atoms with Crippen LogP contribution in [0.1, 0.15) is 38.2 Å². The monoisotopic (exact) mass is 300 g/mol. The molecule has 2 aromatic carbocycles. The molecule has 0 saturated heterocycles. The number of carbonyl (C=O) groups excluding carboxylic acids is 1.